The van der Waals surface area contributed by atoms with Gasteiger partial charge in [0.1, 0.15) is 0 Å². The lowest BCUT2D eigenvalue weighted by atomic mass is 10.1. The summed E-state index contributed by atoms with van der Waals surface area (Å²) in [4.78, 5) is 16.0. The van der Waals surface area contributed by atoms with Gasteiger partial charge in [0.15, 0.2) is 17.3 Å². The Kier molecular flexibility index (Phi) is 4.62. The normalized spacial score (nSPS) is 20.2. The molecule has 6 rings (SSSR count). The Morgan fingerprint density at radius 2 is 2.06 bits per heavy atom. The van der Waals surface area contributed by atoms with Gasteiger partial charge >= 0.3 is 0 Å². The van der Waals surface area contributed by atoms with Crippen LogP contribution in [0.25, 0.3) is 27.9 Å². The molecular formula is C24H25FN6S. The average Bonchev–Trinajstić information content (AvgIpc) is 3.49. The molecule has 2 aliphatic rings. The Hall–Kier alpha value is -2.71. The van der Waals surface area contributed by atoms with Crippen molar-refractivity contribution >= 4 is 34.0 Å². The summed E-state index contributed by atoms with van der Waals surface area (Å²) in [7, 11) is 0. The molecule has 1 saturated heterocycles. The van der Waals surface area contributed by atoms with E-state index in [4.69, 9.17) is 4.98 Å². The number of halogens is 1. The number of aromatic nitrogens is 4. The largest absolute Gasteiger partial charge is 0.370 e. The molecule has 6 nitrogen and oxygen atoms in total. The number of rotatable bonds is 3. The molecule has 1 N–H and O–H groups in total. The highest BCUT2D eigenvalue weighted by molar-refractivity contribution is 7.99. The van der Waals surface area contributed by atoms with E-state index in [9.17, 15) is 4.39 Å². The number of hydrogen-bond acceptors (Lipinski definition) is 6. The Bertz CT molecular complexity index is 1330. The van der Waals surface area contributed by atoms with Crippen molar-refractivity contribution in [2.24, 2.45) is 0 Å². The number of pyridine rings is 1. The number of imidazole rings is 1. The third kappa shape index (κ3) is 3.51. The van der Waals surface area contributed by atoms with Gasteiger partial charge in [-0.3, -0.25) is 5.32 Å². The molecular weight excluding hydrogens is 423 g/mol. The molecule has 164 valence electrons. The number of thioether (sulfide) groups is 1. The van der Waals surface area contributed by atoms with Crippen LogP contribution in [0.4, 0.5) is 10.1 Å². The minimum atomic E-state index is -0.373. The van der Waals surface area contributed by atoms with Crippen LogP contribution in [-0.4, -0.2) is 49.6 Å². The first-order valence-electron chi connectivity index (χ1n) is 11.0. The first-order valence-corrected chi connectivity index (χ1v) is 12.3. The van der Waals surface area contributed by atoms with E-state index in [0.717, 1.165) is 36.1 Å². The SMILES string of the molecule is CSC1CCN(c2ccc3nc(-c4cc(F)c5nc(C)cn5c4)ncc3c2)CC2(CC2)N1. The predicted molar refractivity (Wildman–Crippen MR) is 128 cm³/mol. The summed E-state index contributed by atoms with van der Waals surface area (Å²) >= 11 is 1.91. The zero-order chi connectivity index (χ0) is 21.9. The second kappa shape index (κ2) is 7.42. The second-order valence-corrected chi connectivity index (χ2v) is 10.0. The van der Waals surface area contributed by atoms with Crippen molar-refractivity contribution < 1.29 is 4.39 Å². The minimum absolute atomic E-state index is 0.272. The molecule has 4 aromatic rings. The van der Waals surface area contributed by atoms with Gasteiger partial charge in [0, 0.05) is 53.9 Å². The molecule has 1 saturated carbocycles. The maximum Gasteiger partial charge on any atom is 0.173 e. The monoisotopic (exact) mass is 448 g/mol. The lowest BCUT2D eigenvalue weighted by Crippen LogP contribution is -2.42. The van der Waals surface area contributed by atoms with Crippen LogP contribution in [0.5, 0.6) is 0 Å². The van der Waals surface area contributed by atoms with Crippen molar-refractivity contribution in [3.8, 4) is 11.4 Å². The number of anilines is 1. The molecule has 1 atom stereocenters. The van der Waals surface area contributed by atoms with Gasteiger partial charge in [-0.25, -0.2) is 19.3 Å². The fraction of sp³-hybridized carbons (Fsp3) is 0.375. The van der Waals surface area contributed by atoms with Crippen LogP contribution in [-0.2, 0) is 0 Å². The van der Waals surface area contributed by atoms with E-state index in [1.807, 2.05) is 31.1 Å². The molecule has 1 aliphatic heterocycles. The Balaban J connectivity index is 1.32. The molecule has 1 unspecified atom stereocenters. The minimum Gasteiger partial charge on any atom is -0.370 e. The summed E-state index contributed by atoms with van der Waals surface area (Å²) in [5.74, 6) is 0.137. The maximum atomic E-state index is 14.5. The van der Waals surface area contributed by atoms with Gasteiger partial charge in [0.2, 0.25) is 0 Å². The molecule has 0 radical (unpaired) electrons. The molecule has 0 amide bonds. The quantitative estimate of drug-likeness (QED) is 0.501. The van der Waals surface area contributed by atoms with Crippen LogP contribution >= 0.6 is 11.8 Å². The molecule has 4 heterocycles. The number of aryl methyl sites for hydroxylation is 1. The van der Waals surface area contributed by atoms with Crippen molar-refractivity contribution in [1.82, 2.24) is 24.7 Å². The van der Waals surface area contributed by atoms with Crippen LogP contribution < -0.4 is 10.2 Å². The fourth-order valence-electron chi connectivity index (χ4n) is 4.69. The van der Waals surface area contributed by atoms with Crippen LogP contribution in [0.15, 0.2) is 42.9 Å². The molecule has 0 bridgehead atoms. The molecule has 32 heavy (non-hydrogen) atoms. The van der Waals surface area contributed by atoms with E-state index in [-0.39, 0.29) is 11.4 Å². The number of benzene rings is 1. The molecule has 1 aromatic carbocycles. The number of fused-ring (bicyclic) bond motifs is 2. The zero-order valence-corrected chi connectivity index (χ0v) is 19.0. The first-order chi connectivity index (χ1) is 15.5. The third-order valence-corrected chi connectivity index (χ3v) is 7.50. The predicted octanol–water partition coefficient (Wildman–Crippen LogP) is 4.41. The van der Waals surface area contributed by atoms with Gasteiger partial charge in [-0.1, -0.05) is 0 Å². The summed E-state index contributed by atoms with van der Waals surface area (Å²) in [5, 5.41) is 5.37. The molecule has 1 aliphatic carbocycles. The number of hydrogen-bond donors (Lipinski definition) is 1. The summed E-state index contributed by atoms with van der Waals surface area (Å²) in [6, 6.07) is 7.84. The summed E-state index contributed by atoms with van der Waals surface area (Å²) < 4.78 is 16.2. The summed E-state index contributed by atoms with van der Waals surface area (Å²) in [6.45, 7) is 3.93. The van der Waals surface area contributed by atoms with E-state index in [0.29, 0.717) is 22.4 Å². The van der Waals surface area contributed by atoms with E-state index in [1.54, 1.807) is 10.6 Å². The van der Waals surface area contributed by atoms with Gasteiger partial charge < -0.3 is 9.30 Å². The van der Waals surface area contributed by atoms with E-state index in [2.05, 4.69) is 44.6 Å². The van der Waals surface area contributed by atoms with Crippen molar-refractivity contribution in [3.63, 3.8) is 0 Å². The average molecular weight is 449 g/mol. The highest BCUT2D eigenvalue weighted by Gasteiger charge is 2.46. The molecule has 8 heteroatoms. The smallest absolute Gasteiger partial charge is 0.173 e. The third-order valence-electron chi connectivity index (χ3n) is 6.57. The molecule has 3 aromatic heterocycles. The Labute approximate surface area is 190 Å². The van der Waals surface area contributed by atoms with E-state index >= 15 is 0 Å². The second-order valence-electron chi connectivity index (χ2n) is 8.99. The van der Waals surface area contributed by atoms with Crippen LogP contribution in [0.2, 0.25) is 0 Å². The Morgan fingerprint density at radius 1 is 1.19 bits per heavy atom. The Morgan fingerprint density at radius 3 is 2.88 bits per heavy atom. The summed E-state index contributed by atoms with van der Waals surface area (Å²) in [5.41, 5.74) is 4.07. The standard InChI is InChI=1S/C24H25FN6S/c1-15-12-31-13-17(10-19(25)23(31)27-15)22-26-11-16-9-18(3-4-20(16)28-22)30-8-5-21(32-2)29-24(14-30)6-7-24/h3-4,9-13,21,29H,5-8,14H2,1-2H3. The van der Waals surface area contributed by atoms with E-state index in [1.165, 1.54) is 24.6 Å². The van der Waals surface area contributed by atoms with Gasteiger partial charge in [-0.05, 0) is 56.7 Å². The highest BCUT2D eigenvalue weighted by atomic mass is 32.2. The topological polar surface area (TPSA) is 58.4 Å². The van der Waals surface area contributed by atoms with Gasteiger partial charge in [-0.15, -0.1) is 11.8 Å². The highest BCUT2D eigenvalue weighted by Crippen LogP contribution is 2.41. The number of nitrogens with one attached hydrogen (secondary N) is 1. The van der Waals surface area contributed by atoms with Crippen LogP contribution in [0, 0.1) is 12.7 Å². The van der Waals surface area contributed by atoms with Crippen molar-refractivity contribution in [3.05, 3.63) is 54.4 Å². The van der Waals surface area contributed by atoms with Crippen molar-refractivity contribution in [2.45, 2.75) is 37.1 Å². The summed E-state index contributed by atoms with van der Waals surface area (Å²) in [6.07, 6.45) is 11.3. The lowest BCUT2D eigenvalue weighted by Gasteiger charge is -2.26. The lowest BCUT2D eigenvalue weighted by molar-refractivity contribution is 0.512. The van der Waals surface area contributed by atoms with Gasteiger partial charge in [0.05, 0.1) is 16.6 Å². The zero-order valence-electron chi connectivity index (χ0n) is 18.2. The van der Waals surface area contributed by atoms with Crippen LogP contribution in [0.1, 0.15) is 25.0 Å². The van der Waals surface area contributed by atoms with Gasteiger partial charge in [0.25, 0.3) is 0 Å². The van der Waals surface area contributed by atoms with E-state index < -0.39 is 0 Å². The van der Waals surface area contributed by atoms with Gasteiger partial charge in [-0.2, -0.15) is 0 Å². The van der Waals surface area contributed by atoms with Crippen molar-refractivity contribution in [1.29, 1.82) is 0 Å². The van der Waals surface area contributed by atoms with Crippen molar-refractivity contribution in [2.75, 3.05) is 24.2 Å². The molecule has 1 spiro atoms. The fourth-order valence-corrected chi connectivity index (χ4v) is 5.39. The molecule has 2 fully saturated rings. The maximum absolute atomic E-state index is 14.5. The van der Waals surface area contributed by atoms with Crippen LogP contribution in [0.3, 0.4) is 0 Å². The number of nitrogens with zero attached hydrogens (tertiary/aromatic N) is 5. The first kappa shape index (κ1) is 19.9.